The number of piperidine rings is 1. The van der Waals surface area contributed by atoms with Gasteiger partial charge in [0.2, 0.25) is 5.91 Å². The summed E-state index contributed by atoms with van der Waals surface area (Å²) in [7, 11) is 1.92. The largest absolute Gasteiger partial charge is 0.375 e. The highest BCUT2D eigenvalue weighted by Gasteiger charge is 2.30. The van der Waals surface area contributed by atoms with Gasteiger partial charge in [0.1, 0.15) is 0 Å². The lowest BCUT2D eigenvalue weighted by Gasteiger charge is -2.41. The lowest BCUT2D eigenvalue weighted by molar-refractivity contribution is -0.117. The average Bonchev–Trinajstić information content (AvgIpc) is 3.66. The Kier molecular flexibility index (Phi) is 8.33. The van der Waals surface area contributed by atoms with Crippen LogP contribution < -0.4 is 4.90 Å². The van der Waals surface area contributed by atoms with Gasteiger partial charge >= 0.3 is 0 Å². The van der Waals surface area contributed by atoms with Crippen molar-refractivity contribution < 1.29 is 4.79 Å². The van der Waals surface area contributed by atoms with Crippen molar-refractivity contribution in [2.24, 2.45) is 10.9 Å². The van der Waals surface area contributed by atoms with Crippen LogP contribution in [-0.4, -0.2) is 42.7 Å². The van der Waals surface area contributed by atoms with Gasteiger partial charge in [0.25, 0.3) is 0 Å². The number of carbonyl (C=O) groups excluding carboxylic acids is 1. The van der Waals surface area contributed by atoms with Crippen molar-refractivity contribution in [3.05, 3.63) is 76.0 Å². The summed E-state index contributed by atoms with van der Waals surface area (Å²) in [6, 6.07) is 15.2. The lowest BCUT2D eigenvalue weighted by atomic mass is 9.84. The summed E-state index contributed by atoms with van der Waals surface area (Å²) in [4.78, 5) is 21.8. The highest BCUT2D eigenvalue weighted by atomic mass is 16.2. The normalized spacial score (nSPS) is 20.4. The van der Waals surface area contributed by atoms with Crippen molar-refractivity contribution in [1.29, 1.82) is 0 Å². The number of allylic oxidation sites excluding steroid dienone is 2. The second kappa shape index (κ2) is 11.5. The summed E-state index contributed by atoms with van der Waals surface area (Å²) in [6.45, 7) is 12.4. The highest BCUT2D eigenvalue weighted by molar-refractivity contribution is 6.14. The second-order valence-electron chi connectivity index (χ2n) is 10.9. The molecule has 0 aromatic heterocycles. The van der Waals surface area contributed by atoms with E-state index in [9.17, 15) is 4.79 Å². The smallest absolute Gasteiger partial charge is 0.224 e. The molecule has 2 fully saturated rings. The predicted molar refractivity (Wildman–Crippen MR) is 152 cm³/mol. The molecule has 2 aliphatic carbocycles. The van der Waals surface area contributed by atoms with Gasteiger partial charge in [-0.05, 0) is 81.2 Å². The molecule has 1 amide bonds. The minimum Gasteiger partial charge on any atom is -0.375 e. The number of anilines is 1. The molecule has 192 valence electrons. The molecule has 0 unspecified atom stereocenters. The van der Waals surface area contributed by atoms with Crippen LogP contribution in [0.1, 0.15) is 75.1 Å². The first-order valence-corrected chi connectivity index (χ1v) is 13.7. The standard InChI is InChI=1S/C28H35N3O.C4H8/c1-19-10-11-23-12-13-25(28(29-5)26(23)18-19)21(3)30-16-14-24(15-17-30)31(22(4)32)27-9-7-6-8-20(27)2;1-4-2-3-4/h6-11,18,24H,12-17H2,1-5H3;4H,2-3H2,1H3/b25-21+,29-28?;. The molecule has 0 bridgehead atoms. The molecule has 1 heterocycles. The molecule has 2 aromatic carbocycles. The number of rotatable bonds is 3. The number of aryl methyl sites for hydroxylation is 3. The minimum atomic E-state index is 0.132. The van der Waals surface area contributed by atoms with E-state index in [1.807, 2.05) is 24.1 Å². The fourth-order valence-electron chi connectivity index (χ4n) is 5.55. The van der Waals surface area contributed by atoms with E-state index in [4.69, 9.17) is 4.99 Å². The van der Waals surface area contributed by atoms with Gasteiger partial charge in [0.15, 0.2) is 0 Å². The zero-order valence-electron chi connectivity index (χ0n) is 23.1. The number of para-hydroxylation sites is 1. The Morgan fingerprint density at radius 3 is 2.22 bits per heavy atom. The Bertz CT molecular complexity index is 1150. The van der Waals surface area contributed by atoms with E-state index in [1.54, 1.807) is 6.92 Å². The Morgan fingerprint density at radius 2 is 1.64 bits per heavy atom. The fourth-order valence-corrected chi connectivity index (χ4v) is 5.55. The summed E-state index contributed by atoms with van der Waals surface area (Å²) in [5.41, 5.74) is 10.1. The second-order valence-corrected chi connectivity index (χ2v) is 10.9. The van der Waals surface area contributed by atoms with E-state index in [2.05, 4.69) is 62.9 Å². The number of nitrogens with zero attached hydrogens (tertiary/aromatic N) is 3. The monoisotopic (exact) mass is 485 g/mol. The van der Waals surface area contributed by atoms with Gasteiger partial charge in [-0.3, -0.25) is 9.79 Å². The molecule has 0 atom stereocenters. The first-order valence-electron chi connectivity index (χ1n) is 13.7. The highest BCUT2D eigenvalue weighted by Crippen LogP contribution is 2.32. The van der Waals surface area contributed by atoms with Crippen LogP contribution in [0.5, 0.6) is 0 Å². The maximum Gasteiger partial charge on any atom is 0.224 e. The van der Waals surface area contributed by atoms with Crippen LogP contribution >= 0.6 is 0 Å². The molecule has 0 radical (unpaired) electrons. The van der Waals surface area contributed by atoms with Crippen molar-refractivity contribution in [1.82, 2.24) is 4.90 Å². The SMILES string of the molecule is CC1CC1.CN=C1/C(=C(\C)N2CCC(N(C(C)=O)c3ccccc3C)CC2)CCc2ccc(C)cc21. The zero-order chi connectivity index (χ0) is 25.8. The van der Waals surface area contributed by atoms with Gasteiger partial charge in [-0.15, -0.1) is 0 Å². The van der Waals surface area contributed by atoms with Crippen molar-refractivity contribution in [3.8, 4) is 0 Å². The number of fused-ring (bicyclic) bond motifs is 1. The van der Waals surface area contributed by atoms with Crippen molar-refractivity contribution in [3.63, 3.8) is 0 Å². The fraction of sp³-hybridized carbons (Fsp3) is 0.500. The van der Waals surface area contributed by atoms with E-state index in [0.29, 0.717) is 0 Å². The summed E-state index contributed by atoms with van der Waals surface area (Å²) in [6.07, 6.45) is 7.04. The summed E-state index contributed by atoms with van der Waals surface area (Å²) < 4.78 is 0. The molecular weight excluding hydrogens is 442 g/mol. The molecule has 36 heavy (non-hydrogen) atoms. The predicted octanol–water partition coefficient (Wildman–Crippen LogP) is 6.88. The Hall–Kier alpha value is -2.88. The van der Waals surface area contributed by atoms with Crippen molar-refractivity contribution >= 4 is 17.3 Å². The quantitative estimate of drug-likeness (QED) is 0.475. The molecule has 5 rings (SSSR count). The van der Waals surface area contributed by atoms with Crippen molar-refractivity contribution in [2.45, 2.75) is 79.2 Å². The summed E-state index contributed by atoms with van der Waals surface area (Å²) >= 11 is 0. The number of carbonyl (C=O) groups is 1. The van der Waals surface area contributed by atoms with Gasteiger partial charge in [0, 0.05) is 50.1 Å². The number of hydrogen-bond acceptors (Lipinski definition) is 3. The van der Waals surface area contributed by atoms with Crippen LogP contribution in [0.25, 0.3) is 0 Å². The maximum atomic E-state index is 12.6. The van der Waals surface area contributed by atoms with E-state index < -0.39 is 0 Å². The first-order chi connectivity index (χ1) is 17.3. The Balaban J connectivity index is 0.000000692. The van der Waals surface area contributed by atoms with Gasteiger partial charge in [0.05, 0.1) is 5.71 Å². The van der Waals surface area contributed by atoms with Crippen LogP contribution in [0.3, 0.4) is 0 Å². The molecule has 1 aliphatic heterocycles. The minimum absolute atomic E-state index is 0.132. The topological polar surface area (TPSA) is 35.9 Å². The van der Waals surface area contributed by atoms with E-state index >= 15 is 0 Å². The lowest BCUT2D eigenvalue weighted by Crippen LogP contribution is -2.47. The van der Waals surface area contributed by atoms with Gasteiger partial charge < -0.3 is 9.80 Å². The van der Waals surface area contributed by atoms with E-state index in [1.165, 1.54) is 40.8 Å². The van der Waals surface area contributed by atoms with Crippen LogP contribution in [0.15, 0.2) is 58.7 Å². The van der Waals surface area contributed by atoms with Gasteiger partial charge in [-0.2, -0.15) is 0 Å². The molecular formula is C32H43N3O. The molecule has 2 aromatic rings. The number of likely N-dealkylation sites (tertiary alicyclic amines) is 1. The zero-order valence-corrected chi connectivity index (χ0v) is 23.1. The van der Waals surface area contributed by atoms with Crippen LogP contribution in [0.4, 0.5) is 5.69 Å². The molecule has 0 spiro atoms. The first kappa shape index (κ1) is 26.2. The maximum absolute atomic E-state index is 12.6. The average molecular weight is 486 g/mol. The van der Waals surface area contributed by atoms with Gasteiger partial charge in [-0.25, -0.2) is 0 Å². The van der Waals surface area contributed by atoms with Crippen LogP contribution in [0.2, 0.25) is 0 Å². The van der Waals surface area contributed by atoms with Gasteiger partial charge in [-0.1, -0.05) is 55.7 Å². The molecule has 4 nitrogen and oxygen atoms in total. The molecule has 1 saturated carbocycles. The summed E-state index contributed by atoms with van der Waals surface area (Å²) in [5, 5.41) is 0. The molecule has 4 heteroatoms. The molecule has 1 saturated heterocycles. The van der Waals surface area contributed by atoms with Crippen LogP contribution in [-0.2, 0) is 11.2 Å². The third-order valence-corrected chi connectivity index (χ3v) is 8.00. The summed E-state index contributed by atoms with van der Waals surface area (Å²) in [5.74, 6) is 1.22. The Morgan fingerprint density at radius 1 is 0.972 bits per heavy atom. The molecule has 3 aliphatic rings. The van der Waals surface area contributed by atoms with Crippen LogP contribution in [0, 0.1) is 19.8 Å². The number of benzene rings is 2. The third kappa shape index (κ3) is 5.91. The van der Waals surface area contributed by atoms with Crippen molar-refractivity contribution in [2.75, 3.05) is 25.0 Å². The number of aliphatic imine (C=N–C) groups is 1. The Labute approximate surface area is 218 Å². The number of amides is 1. The number of hydrogen-bond donors (Lipinski definition) is 0. The van der Waals surface area contributed by atoms with E-state index in [-0.39, 0.29) is 11.9 Å². The third-order valence-electron chi connectivity index (χ3n) is 8.00. The molecule has 0 N–H and O–H groups in total. The van der Waals surface area contributed by atoms with E-state index in [0.717, 1.165) is 61.7 Å².